The van der Waals surface area contributed by atoms with Crippen molar-refractivity contribution in [3.05, 3.63) is 65.4 Å². The van der Waals surface area contributed by atoms with Gasteiger partial charge >= 0.3 is 0 Å². The van der Waals surface area contributed by atoms with E-state index < -0.39 is 0 Å². The van der Waals surface area contributed by atoms with E-state index in [4.69, 9.17) is 4.98 Å². The lowest BCUT2D eigenvalue weighted by atomic mass is 9.85. The quantitative estimate of drug-likeness (QED) is 0.476. The van der Waals surface area contributed by atoms with Gasteiger partial charge < -0.3 is 25.5 Å². The van der Waals surface area contributed by atoms with Crippen molar-refractivity contribution >= 4 is 28.8 Å². The molecule has 2 aromatic carbocycles. The number of nitrogens with one attached hydrogen (secondary N) is 2. The van der Waals surface area contributed by atoms with Crippen LogP contribution < -0.4 is 15.5 Å². The molecule has 4 rings (SSSR count). The summed E-state index contributed by atoms with van der Waals surface area (Å²) in [5.74, 6) is 1.33. The highest BCUT2D eigenvalue weighted by molar-refractivity contribution is 5.65. The molecular formula is C27H36N6O. The first-order valence-electron chi connectivity index (χ1n) is 11.9. The molecule has 0 bridgehead atoms. The standard InChI is InChI=1S/C27H36N6O/c1-19-20(2)28-26(30-22-9-11-24(12-10-22)33-15-13-32(5)14-16-33)31-25(19)29-23-8-6-7-21(17-23)27(3,4)18-34/h6-12,17,34H,13-16,18H2,1-5H3,(H2,28,29,30,31). The van der Waals surface area contributed by atoms with Crippen LogP contribution in [0.3, 0.4) is 0 Å². The highest BCUT2D eigenvalue weighted by Gasteiger charge is 2.20. The summed E-state index contributed by atoms with van der Waals surface area (Å²) in [4.78, 5) is 14.2. The molecule has 1 aromatic heterocycles. The molecule has 0 atom stereocenters. The fourth-order valence-corrected chi connectivity index (χ4v) is 4.00. The molecule has 7 heteroatoms. The van der Waals surface area contributed by atoms with E-state index in [1.807, 2.05) is 45.9 Å². The number of aromatic nitrogens is 2. The summed E-state index contributed by atoms with van der Waals surface area (Å²) in [6, 6.07) is 16.6. The Hall–Kier alpha value is -3.16. The Labute approximate surface area is 202 Å². The van der Waals surface area contributed by atoms with Crippen LogP contribution in [0.4, 0.5) is 28.8 Å². The molecule has 180 valence electrons. The van der Waals surface area contributed by atoms with Crippen molar-refractivity contribution in [2.45, 2.75) is 33.1 Å². The number of aliphatic hydroxyl groups excluding tert-OH is 1. The highest BCUT2D eigenvalue weighted by atomic mass is 16.3. The third kappa shape index (κ3) is 5.48. The summed E-state index contributed by atoms with van der Waals surface area (Å²) in [7, 11) is 2.17. The number of hydrogen-bond donors (Lipinski definition) is 3. The maximum Gasteiger partial charge on any atom is 0.229 e. The van der Waals surface area contributed by atoms with Crippen LogP contribution in [0, 0.1) is 13.8 Å². The average Bonchev–Trinajstić information content (AvgIpc) is 2.83. The van der Waals surface area contributed by atoms with Crippen molar-refractivity contribution in [2.75, 3.05) is 55.4 Å². The Bertz CT molecular complexity index is 1120. The van der Waals surface area contributed by atoms with Crippen molar-refractivity contribution in [3.63, 3.8) is 0 Å². The molecule has 7 nitrogen and oxygen atoms in total. The van der Waals surface area contributed by atoms with Gasteiger partial charge in [0.05, 0.1) is 6.61 Å². The van der Waals surface area contributed by atoms with E-state index in [0.29, 0.717) is 5.95 Å². The lowest BCUT2D eigenvalue weighted by molar-refractivity contribution is 0.218. The zero-order valence-electron chi connectivity index (χ0n) is 20.9. The van der Waals surface area contributed by atoms with Gasteiger partial charge in [-0.3, -0.25) is 0 Å². The number of aliphatic hydroxyl groups is 1. The summed E-state index contributed by atoms with van der Waals surface area (Å²) >= 11 is 0. The van der Waals surface area contributed by atoms with Crippen LogP contribution in [-0.2, 0) is 5.41 Å². The molecule has 1 aliphatic rings. The highest BCUT2D eigenvalue weighted by Crippen LogP contribution is 2.28. The van der Waals surface area contributed by atoms with Gasteiger partial charge in [-0.15, -0.1) is 0 Å². The lowest BCUT2D eigenvalue weighted by Gasteiger charge is -2.34. The summed E-state index contributed by atoms with van der Waals surface area (Å²) in [5.41, 5.74) is 5.82. The smallest absolute Gasteiger partial charge is 0.229 e. The zero-order valence-corrected chi connectivity index (χ0v) is 20.9. The molecule has 3 N–H and O–H groups in total. The first kappa shape index (κ1) is 24.0. The molecule has 0 radical (unpaired) electrons. The molecule has 0 unspecified atom stereocenters. The van der Waals surface area contributed by atoms with Gasteiger partial charge in [0.25, 0.3) is 0 Å². The van der Waals surface area contributed by atoms with E-state index in [2.05, 4.69) is 62.8 Å². The lowest BCUT2D eigenvalue weighted by Crippen LogP contribution is -2.44. The number of piperazine rings is 1. The van der Waals surface area contributed by atoms with Crippen LogP contribution in [0.2, 0.25) is 0 Å². The van der Waals surface area contributed by atoms with Crippen LogP contribution in [0.5, 0.6) is 0 Å². The van der Waals surface area contributed by atoms with Crippen LogP contribution >= 0.6 is 0 Å². The van der Waals surface area contributed by atoms with Crippen LogP contribution in [0.1, 0.15) is 30.7 Å². The van der Waals surface area contributed by atoms with Gasteiger partial charge in [-0.2, -0.15) is 4.98 Å². The summed E-state index contributed by atoms with van der Waals surface area (Å²) < 4.78 is 0. The van der Waals surface area contributed by atoms with E-state index >= 15 is 0 Å². The van der Waals surface area contributed by atoms with Gasteiger partial charge in [-0.25, -0.2) is 4.98 Å². The number of rotatable bonds is 7. The predicted octanol–water partition coefficient (Wildman–Crippen LogP) is 4.60. The zero-order chi connectivity index (χ0) is 24.3. The number of benzene rings is 2. The number of likely N-dealkylation sites (N-methyl/N-ethyl adjacent to an activating group) is 1. The maximum atomic E-state index is 9.73. The first-order chi connectivity index (χ1) is 16.2. The molecular weight excluding hydrogens is 424 g/mol. The summed E-state index contributed by atoms with van der Waals surface area (Å²) in [6.07, 6.45) is 0. The van der Waals surface area contributed by atoms with Gasteiger partial charge in [-0.1, -0.05) is 26.0 Å². The Balaban J connectivity index is 1.50. The fourth-order valence-electron chi connectivity index (χ4n) is 4.00. The van der Waals surface area contributed by atoms with Crippen molar-refractivity contribution in [1.29, 1.82) is 0 Å². The third-order valence-electron chi connectivity index (χ3n) is 6.68. The van der Waals surface area contributed by atoms with Gasteiger partial charge in [0.2, 0.25) is 5.95 Å². The van der Waals surface area contributed by atoms with E-state index in [1.54, 1.807) is 0 Å². The second-order valence-corrected chi connectivity index (χ2v) is 9.82. The normalized spacial score (nSPS) is 14.8. The Kier molecular flexibility index (Phi) is 7.05. The van der Waals surface area contributed by atoms with E-state index in [-0.39, 0.29) is 12.0 Å². The van der Waals surface area contributed by atoms with Crippen molar-refractivity contribution in [3.8, 4) is 0 Å². The topological polar surface area (TPSA) is 76.6 Å². The Morgan fingerprint density at radius 3 is 2.29 bits per heavy atom. The van der Waals surface area contributed by atoms with Crippen LogP contribution in [0.15, 0.2) is 48.5 Å². The molecule has 1 saturated heterocycles. The predicted molar refractivity (Wildman–Crippen MR) is 141 cm³/mol. The van der Waals surface area contributed by atoms with Crippen LogP contribution in [-0.4, -0.2) is 59.8 Å². The molecule has 1 aliphatic heterocycles. The second kappa shape index (κ2) is 9.99. The fraction of sp³-hybridized carbons (Fsp3) is 0.407. The number of hydrogen-bond acceptors (Lipinski definition) is 7. The minimum Gasteiger partial charge on any atom is -0.395 e. The van der Waals surface area contributed by atoms with Crippen LogP contribution in [0.25, 0.3) is 0 Å². The Morgan fingerprint density at radius 2 is 1.62 bits per heavy atom. The van der Waals surface area contributed by atoms with E-state index in [9.17, 15) is 5.11 Å². The maximum absolute atomic E-state index is 9.73. The molecule has 2 heterocycles. The SMILES string of the molecule is Cc1nc(Nc2ccc(N3CCN(C)CC3)cc2)nc(Nc2cccc(C(C)(C)CO)c2)c1C. The van der Waals surface area contributed by atoms with E-state index in [0.717, 1.165) is 60.2 Å². The average molecular weight is 461 g/mol. The van der Waals surface area contributed by atoms with Gasteiger partial charge in [-0.05, 0) is 62.9 Å². The number of nitrogens with zero attached hydrogens (tertiary/aromatic N) is 4. The van der Waals surface area contributed by atoms with Crippen molar-refractivity contribution in [1.82, 2.24) is 14.9 Å². The first-order valence-corrected chi connectivity index (χ1v) is 11.9. The third-order valence-corrected chi connectivity index (χ3v) is 6.68. The van der Waals surface area contributed by atoms with Gasteiger partial charge in [0, 0.05) is 59.9 Å². The molecule has 0 amide bonds. The van der Waals surface area contributed by atoms with Crippen molar-refractivity contribution < 1.29 is 5.11 Å². The largest absolute Gasteiger partial charge is 0.395 e. The van der Waals surface area contributed by atoms with E-state index in [1.165, 1.54) is 5.69 Å². The second-order valence-electron chi connectivity index (χ2n) is 9.82. The number of aryl methyl sites for hydroxylation is 1. The minimum atomic E-state index is -0.308. The minimum absolute atomic E-state index is 0.0871. The van der Waals surface area contributed by atoms with Crippen molar-refractivity contribution in [2.24, 2.45) is 0 Å². The number of anilines is 5. The molecule has 3 aromatic rings. The van der Waals surface area contributed by atoms with Gasteiger partial charge in [0.1, 0.15) is 5.82 Å². The summed E-state index contributed by atoms with van der Waals surface area (Å²) in [5, 5.41) is 16.5. The molecule has 0 aliphatic carbocycles. The Morgan fingerprint density at radius 1 is 0.912 bits per heavy atom. The molecule has 34 heavy (non-hydrogen) atoms. The molecule has 0 spiro atoms. The summed E-state index contributed by atoms with van der Waals surface area (Å²) in [6.45, 7) is 12.4. The van der Waals surface area contributed by atoms with Gasteiger partial charge in [0.15, 0.2) is 0 Å². The molecule has 1 fully saturated rings. The molecule has 0 saturated carbocycles. The monoisotopic (exact) mass is 460 g/mol.